The Kier molecular flexibility index (Phi) is 24.6. The lowest BCUT2D eigenvalue weighted by Crippen LogP contribution is -2.34. The molecule has 0 radical (unpaired) electrons. The van der Waals surface area contributed by atoms with Crippen molar-refractivity contribution in [1.82, 2.24) is 5.32 Å². The lowest BCUT2D eigenvalue weighted by atomic mass is 10.1. The third-order valence-corrected chi connectivity index (χ3v) is 5.84. The lowest BCUT2D eigenvalue weighted by molar-refractivity contribution is -0.140. The van der Waals surface area contributed by atoms with Crippen LogP contribution >= 0.6 is 0 Å². The second-order valence-electron chi connectivity index (χ2n) is 10.00. The maximum Gasteiger partial charge on any atom is 0.322 e. The third-order valence-electron chi connectivity index (χ3n) is 5.84. The minimum Gasteiger partial charge on any atom is -0.480 e. The number of nitrogens with one attached hydrogen (secondary N) is 1. The number of hydrogen-bond acceptors (Lipinski definition) is 12. The maximum atomic E-state index is 10.4. The summed E-state index contributed by atoms with van der Waals surface area (Å²) in [6.45, 7) is 0.353. The number of carboxylic acid groups (broad SMARTS) is 5. The molecule has 3 rings (SSSR count). The zero-order valence-corrected chi connectivity index (χ0v) is 26.1. The largest absolute Gasteiger partial charge is 0.480 e. The van der Waals surface area contributed by atoms with E-state index in [2.05, 4.69) is 11.1 Å². The molecule has 268 valence electrons. The fourth-order valence-electron chi connectivity index (χ4n) is 3.19. The molecule has 1 aliphatic rings. The molecule has 0 saturated carbocycles. The van der Waals surface area contributed by atoms with E-state index in [1.165, 1.54) is 0 Å². The summed E-state index contributed by atoms with van der Waals surface area (Å²) in [5.41, 5.74) is 26.9. The first-order valence-corrected chi connectivity index (χ1v) is 14.3. The molecule has 0 aliphatic carbocycles. The zero-order chi connectivity index (χ0) is 37.2. The number of carbonyl (C=O) groups excluding carboxylic acids is 1. The zero-order valence-electron chi connectivity index (χ0n) is 26.1. The summed E-state index contributed by atoms with van der Waals surface area (Å²) in [6, 6.07) is 14.5. The Morgan fingerprint density at radius 1 is 0.646 bits per heavy atom. The van der Waals surface area contributed by atoms with Gasteiger partial charge in [-0.1, -0.05) is 60.7 Å². The van der Waals surface area contributed by atoms with Gasteiger partial charge in [-0.15, -0.1) is 0 Å². The summed E-state index contributed by atoms with van der Waals surface area (Å²) in [7, 11) is 0. The normalized spacial score (nSPS) is 15.2. The lowest BCUT2D eigenvalue weighted by Gasteiger charge is -2.04. The van der Waals surface area contributed by atoms with E-state index in [0.717, 1.165) is 30.5 Å². The molecule has 17 N–H and O–H groups in total. The number of rotatable bonds is 12. The Labute approximate surface area is 276 Å². The number of benzene rings is 2. The first-order chi connectivity index (χ1) is 22.4. The Morgan fingerprint density at radius 3 is 1.21 bits per heavy atom. The van der Waals surface area contributed by atoms with Crippen molar-refractivity contribution in [3.63, 3.8) is 0 Å². The van der Waals surface area contributed by atoms with Gasteiger partial charge < -0.3 is 64.6 Å². The van der Waals surface area contributed by atoms with Crippen LogP contribution in [0.4, 0.5) is 0 Å². The van der Waals surface area contributed by atoms with Crippen LogP contribution in [0.15, 0.2) is 60.7 Å². The molecule has 1 fully saturated rings. The molecular formula is C30H46N6O12. The third kappa shape index (κ3) is 24.3. The van der Waals surface area contributed by atoms with Gasteiger partial charge in [-0.3, -0.25) is 28.8 Å². The molecular weight excluding hydrogens is 636 g/mol. The molecule has 18 heteroatoms. The van der Waals surface area contributed by atoms with Crippen molar-refractivity contribution < 1.29 is 59.4 Å². The molecule has 48 heavy (non-hydrogen) atoms. The topological polar surface area (TPSA) is 366 Å². The van der Waals surface area contributed by atoms with Crippen LogP contribution in [0.5, 0.6) is 0 Å². The molecule has 18 nitrogen and oxygen atoms in total. The highest BCUT2D eigenvalue weighted by Crippen LogP contribution is 2.04. The van der Waals surface area contributed by atoms with Gasteiger partial charge in [0.1, 0.15) is 30.2 Å². The Balaban J connectivity index is 0. The molecule has 0 spiro atoms. The van der Waals surface area contributed by atoms with Gasteiger partial charge in [-0.25, -0.2) is 0 Å². The molecule has 5 atom stereocenters. The van der Waals surface area contributed by atoms with Gasteiger partial charge in [0, 0.05) is 0 Å². The number of aliphatic hydroxyl groups excluding tert-OH is 1. The predicted molar refractivity (Wildman–Crippen MR) is 172 cm³/mol. The van der Waals surface area contributed by atoms with Gasteiger partial charge >= 0.3 is 29.8 Å². The van der Waals surface area contributed by atoms with E-state index < -0.39 is 66.5 Å². The van der Waals surface area contributed by atoms with Crippen LogP contribution in [0, 0.1) is 0 Å². The number of amides is 1. The SMILES string of the molecule is NC(=O)CC(N)C(=O)O.NC(CO)C(=O)O.NC(Cc1ccccc1)C(=O)O.NC(Cc1ccccc1)C(=O)O.O=C(O)C1CCCN1. The van der Waals surface area contributed by atoms with Crippen molar-refractivity contribution >= 4 is 35.8 Å². The Bertz CT molecular complexity index is 1190. The second-order valence-corrected chi connectivity index (χ2v) is 10.00. The van der Waals surface area contributed by atoms with Crippen LogP contribution in [0.3, 0.4) is 0 Å². The highest BCUT2D eigenvalue weighted by molar-refractivity contribution is 5.83. The van der Waals surface area contributed by atoms with Crippen LogP contribution in [-0.2, 0) is 41.6 Å². The van der Waals surface area contributed by atoms with Crippen molar-refractivity contribution in [3.8, 4) is 0 Å². The van der Waals surface area contributed by atoms with Crippen LogP contribution in [0.25, 0.3) is 0 Å². The van der Waals surface area contributed by atoms with E-state index in [0.29, 0.717) is 12.8 Å². The number of nitrogens with two attached hydrogens (primary N) is 5. The molecule has 1 aliphatic heterocycles. The number of primary amides is 1. The standard InChI is InChI=1S/2C9H11NO2.C5H9NO2.C4H8N2O3.C3H7NO3/c2*10-8(9(11)12)6-7-4-2-1-3-5-7;7-5(8)4-2-1-3-6-4;5-2(4(8)9)1-3(6)7;4-2(1-5)3(6)7/h2*1-5,8H,6,10H2,(H,11,12);4,6H,1-3H2,(H,7,8);2H,1,5H2,(H2,6,7)(H,8,9);2,5H,1,4H2,(H,6,7). The number of hydrogen-bond donors (Lipinski definition) is 12. The molecule has 0 aromatic heterocycles. The Hall–Kier alpha value is -4.98. The molecule has 1 saturated heterocycles. The van der Waals surface area contributed by atoms with E-state index in [9.17, 15) is 28.8 Å². The summed E-state index contributed by atoms with van der Waals surface area (Å²) < 4.78 is 0. The summed E-state index contributed by atoms with van der Waals surface area (Å²) in [5, 5.41) is 52.2. The number of aliphatic carboxylic acids is 5. The first-order valence-electron chi connectivity index (χ1n) is 14.3. The quantitative estimate of drug-likeness (QED) is 0.113. The van der Waals surface area contributed by atoms with Crippen molar-refractivity contribution in [2.75, 3.05) is 13.2 Å². The fourth-order valence-corrected chi connectivity index (χ4v) is 3.19. The molecule has 5 unspecified atom stereocenters. The molecule has 2 aromatic rings. The molecule has 0 bridgehead atoms. The number of aliphatic hydroxyl groups is 1. The number of carboxylic acids is 5. The van der Waals surface area contributed by atoms with Gasteiger partial charge in [-0.2, -0.15) is 0 Å². The van der Waals surface area contributed by atoms with E-state index in [1.54, 1.807) is 0 Å². The average Bonchev–Trinajstić information content (AvgIpc) is 3.58. The monoisotopic (exact) mass is 682 g/mol. The summed E-state index contributed by atoms with van der Waals surface area (Å²) in [4.78, 5) is 60.4. The Morgan fingerprint density at radius 2 is 1.02 bits per heavy atom. The van der Waals surface area contributed by atoms with Gasteiger partial charge in [-0.05, 0) is 43.4 Å². The number of carbonyl (C=O) groups is 6. The van der Waals surface area contributed by atoms with Crippen molar-refractivity contribution in [2.24, 2.45) is 28.7 Å². The van der Waals surface area contributed by atoms with Crippen molar-refractivity contribution in [3.05, 3.63) is 71.8 Å². The minimum atomic E-state index is -1.21. The van der Waals surface area contributed by atoms with Crippen LogP contribution in [-0.4, -0.2) is 110 Å². The van der Waals surface area contributed by atoms with E-state index >= 15 is 0 Å². The van der Waals surface area contributed by atoms with E-state index in [-0.39, 0.29) is 12.5 Å². The fraction of sp³-hybridized carbons (Fsp3) is 0.400. The van der Waals surface area contributed by atoms with E-state index in [4.69, 9.17) is 53.6 Å². The molecule has 1 heterocycles. The van der Waals surface area contributed by atoms with Crippen LogP contribution in [0.1, 0.15) is 30.4 Å². The van der Waals surface area contributed by atoms with Gasteiger partial charge in [0.05, 0.1) is 13.0 Å². The average molecular weight is 683 g/mol. The van der Waals surface area contributed by atoms with Crippen LogP contribution < -0.4 is 34.0 Å². The van der Waals surface area contributed by atoms with Crippen molar-refractivity contribution in [2.45, 2.75) is 62.3 Å². The summed E-state index contributed by atoms with van der Waals surface area (Å²) >= 11 is 0. The summed E-state index contributed by atoms with van der Waals surface area (Å²) in [5.74, 6) is -5.73. The predicted octanol–water partition coefficient (Wildman–Crippen LogP) is -2.23. The maximum absolute atomic E-state index is 10.4. The minimum absolute atomic E-state index is 0.269. The molecule has 2 aromatic carbocycles. The van der Waals surface area contributed by atoms with Crippen molar-refractivity contribution in [1.29, 1.82) is 0 Å². The smallest absolute Gasteiger partial charge is 0.322 e. The van der Waals surface area contributed by atoms with Gasteiger partial charge in [0.25, 0.3) is 0 Å². The highest BCUT2D eigenvalue weighted by atomic mass is 16.4. The molecule has 1 amide bonds. The van der Waals surface area contributed by atoms with Gasteiger partial charge in [0.2, 0.25) is 5.91 Å². The van der Waals surface area contributed by atoms with E-state index in [1.807, 2.05) is 60.7 Å². The highest BCUT2D eigenvalue weighted by Gasteiger charge is 2.20. The summed E-state index contributed by atoms with van der Waals surface area (Å²) in [6.07, 6.45) is 2.24. The van der Waals surface area contributed by atoms with Gasteiger partial charge in [0.15, 0.2) is 0 Å². The first kappa shape index (κ1) is 45.1. The van der Waals surface area contributed by atoms with Crippen LogP contribution in [0.2, 0.25) is 0 Å². The second kappa shape index (κ2) is 26.1.